The molecular formula is C20H24N2O2. The molecule has 0 aromatic heterocycles. The van der Waals surface area contributed by atoms with Crippen molar-refractivity contribution in [3.8, 4) is 0 Å². The maximum Gasteiger partial charge on any atom is 0.224 e. The summed E-state index contributed by atoms with van der Waals surface area (Å²) in [6, 6.07) is 18.3. The first-order chi connectivity index (χ1) is 11.8. The van der Waals surface area contributed by atoms with Crippen molar-refractivity contribution in [2.45, 2.75) is 26.2 Å². The summed E-state index contributed by atoms with van der Waals surface area (Å²) in [6.45, 7) is 3.41. The number of carbonyl (C=O) groups excluding carboxylic acids is 1. The van der Waals surface area contributed by atoms with E-state index in [0.717, 1.165) is 36.2 Å². The van der Waals surface area contributed by atoms with Gasteiger partial charge in [0, 0.05) is 13.1 Å². The Morgan fingerprint density at radius 3 is 2.54 bits per heavy atom. The third-order valence-corrected chi connectivity index (χ3v) is 4.37. The lowest BCUT2D eigenvalue weighted by Gasteiger charge is -2.13. The number of ether oxygens (including phenoxy) is 1. The molecule has 126 valence electrons. The maximum atomic E-state index is 12.1. The molecule has 0 bridgehead atoms. The number of carbonyl (C=O) groups is 1. The van der Waals surface area contributed by atoms with Gasteiger partial charge < -0.3 is 15.4 Å². The molecule has 2 aromatic carbocycles. The summed E-state index contributed by atoms with van der Waals surface area (Å²) in [7, 11) is 0. The number of amides is 1. The van der Waals surface area contributed by atoms with E-state index in [1.807, 2.05) is 36.4 Å². The molecule has 1 aliphatic rings. The van der Waals surface area contributed by atoms with Crippen molar-refractivity contribution in [2.75, 3.05) is 13.1 Å². The molecule has 4 nitrogen and oxygen atoms in total. The second kappa shape index (κ2) is 8.62. The Hall–Kier alpha value is -2.17. The molecule has 0 spiro atoms. The van der Waals surface area contributed by atoms with Crippen molar-refractivity contribution in [1.29, 1.82) is 0 Å². The van der Waals surface area contributed by atoms with Gasteiger partial charge >= 0.3 is 0 Å². The van der Waals surface area contributed by atoms with E-state index in [4.69, 9.17) is 4.74 Å². The first-order valence-electron chi connectivity index (χ1n) is 8.50. The number of rotatable bonds is 7. The zero-order valence-electron chi connectivity index (χ0n) is 13.8. The Morgan fingerprint density at radius 2 is 1.79 bits per heavy atom. The van der Waals surface area contributed by atoms with Crippen LogP contribution in [0.15, 0.2) is 54.6 Å². The van der Waals surface area contributed by atoms with Crippen LogP contribution in [-0.2, 0) is 29.3 Å². The van der Waals surface area contributed by atoms with Gasteiger partial charge in [-0.25, -0.2) is 0 Å². The van der Waals surface area contributed by atoms with Gasteiger partial charge in [0.05, 0.1) is 19.1 Å². The standard InChI is InChI=1S/C20H24N2O2/c23-20(18-10-11-21-12-18)22-13-17-8-4-5-9-19(17)15-24-14-16-6-2-1-3-7-16/h1-9,18,21H,10-15H2,(H,22,23). The highest BCUT2D eigenvalue weighted by atomic mass is 16.5. The molecule has 1 atom stereocenters. The van der Waals surface area contributed by atoms with Crippen molar-refractivity contribution < 1.29 is 9.53 Å². The van der Waals surface area contributed by atoms with Crippen LogP contribution in [-0.4, -0.2) is 19.0 Å². The topological polar surface area (TPSA) is 50.4 Å². The molecule has 4 heteroatoms. The first-order valence-corrected chi connectivity index (χ1v) is 8.50. The van der Waals surface area contributed by atoms with Gasteiger partial charge in [-0.3, -0.25) is 4.79 Å². The van der Waals surface area contributed by atoms with Crippen LogP contribution in [0.1, 0.15) is 23.1 Å². The molecule has 3 rings (SSSR count). The molecule has 1 saturated heterocycles. The summed E-state index contributed by atoms with van der Waals surface area (Å²) in [5, 5.41) is 6.28. The highest BCUT2D eigenvalue weighted by Crippen LogP contribution is 2.13. The lowest BCUT2D eigenvalue weighted by molar-refractivity contribution is -0.124. The van der Waals surface area contributed by atoms with Crippen molar-refractivity contribution >= 4 is 5.91 Å². The SMILES string of the molecule is O=C(NCc1ccccc1COCc1ccccc1)C1CCNC1. The van der Waals surface area contributed by atoms with E-state index in [9.17, 15) is 4.79 Å². The van der Waals surface area contributed by atoms with Crippen molar-refractivity contribution in [3.63, 3.8) is 0 Å². The van der Waals surface area contributed by atoms with E-state index in [1.165, 1.54) is 0 Å². The van der Waals surface area contributed by atoms with Crippen LogP contribution < -0.4 is 10.6 Å². The van der Waals surface area contributed by atoms with Crippen LogP contribution in [0.4, 0.5) is 0 Å². The third kappa shape index (κ3) is 4.66. The van der Waals surface area contributed by atoms with Gasteiger partial charge in [-0.15, -0.1) is 0 Å². The molecule has 1 amide bonds. The van der Waals surface area contributed by atoms with Gasteiger partial charge in [-0.1, -0.05) is 54.6 Å². The smallest absolute Gasteiger partial charge is 0.224 e. The normalized spacial score (nSPS) is 16.9. The number of benzene rings is 2. The van der Waals surface area contributed by atoms with E-state index in [1.54, 1.807) is 0 Å². The van der Waals surface area contributed by atoms with Gasteiger partial charge in [0.1, 0.15) is 0 Å². The first kappa shape index (κ1) is 16.7. The second-order valence-corrected chi connectivity index (χ2v) is 6.15. The zero-order valence-corrected chi connectivity index (χ0v) is 13.8. The summed E-state index contributed by atoms with van der Waals surface area (Å²) in [6.07, 6.45) is 0.924. The fraction of sp³-hybridized carbons (Fsp3) is 0.350. The lowest BCUT2D eigenvalue weighted by atomic mass is 10.1. The Bertz CT molecular complexity index is 652. The lowest BCUT2D eigenvalue weighted by Crippen LogP contribution is -2.31. The second-order valence-electron chi connectivity index (χ2n) is 6.15. The molecule has 1 aliphatic heterocycles. The highest BCUT2D eigenvalue weighted by Gasteiger charge is 2.21. The summed E-state index contributed by atoms with van der Waals surface area (Å²) in [5.74, 6) is 0.242. The van der Waals surface area contributed by atoms with E-state index >= 15 is 0 Å². The van der Waals surface area contributed by atoms with Crippen LogP contribution in [0.5, 0.6) is 0 Å². The monoisotopic (exact) mass is 324 g/mol. The molecule has 0 radical (unpaired) electrons. The van der Waals surface area contributed by atoms with Crippen molar-refractivity contribution in [1.82, 2.24) is 10.6 Å². The van der Waals surface area contributed by atoms with Crippen molar-refractivity contribution in [3.05, 3.63) is 71.3 Å². The Balaban J connectivity index is 1.51. The van der Waals surface area contributed by atoms with E-state index in [0.29, 0.717) is 19.8 Å². The van der Waals surface area contributed by atoms with E-state index in [-0.39, 0.29) is 11.8 Å². The summed E-state index contributed by atoms with van der Waals surface area (Å²) in [5.41, 5.74) is 3.40. The Labute approximate surface area is 143 Å². The Kier molecular flexibility index (Phi) is 5.99. The van der Waals surface area contributed by atoms with Crippen LogP contribution >= 0.6 is 0 Å². The number of hydrogen-bond acceptors (Lipinski definition) is 3. The van der Waals surface area contributed by atoms with Crippen LogP contribution in [0.2, 0.25) is 0 Å². The summed E-state index contributed by atoms with van der Waals surface area (Å²) >= 11 is 0. The molecule has 1 unspecified atom stereocenters. The molecule has 0 saturated carbocycles. The Morgan fingerprint density at radius 1 is 1.04 bits per heavy atom. The average molecular weight is 324 g/mol. The minimum atomic E-state index is 0.103. The fourth-order valence-electron chi connectivity index (χ4n) is 2.93. The zero-order chi connectivity index (χ0) is 16.6. The van der Waals surface area contributed by atoms with Gasteiger partial charge in [0.15, 0.2) is 0 Å². The molecule has 2 aromatic rings. The largest absolute Gasteiger partial charge is 0.372 e. The van der Waals surface area contributed by atoms with Gasteiger partial charge in [0.2, 0.25) is 5.91 Å². The van der Waals surface area contributed by atoms with Gasteiger partial charge in [-0.05, 0) is 29.7 Å². The van der Waals surface area contributed by atoms with Crippen LogP contribution in [0, 0.1) is 5.92 Å². The average Bonchev–Trinajstić information content (AvgIpc) is 3.16. The molecule has 24 heavy (non-hydrogen) atoms. The van der Waals surface area contributed by atoms with E-state index < -0.39 is 0 Å². The minimum Gasteiger partial charge on any atom is -0.372 e. The minimum absolute atomic E-state index is 0.103. The molecule has 2 N–H and O–H groups in total. The van der Waals surface area contributed by atoms with Gasteiger partial charge in [0.25, 0.3) is 0 Å². The fourth-order valence-corrected chi connectivity index (χ4v) is 2.93. The predicted molar refractivity (Wildman–Crippen MR) is 94.2 cm³/mol. The quantitative estimate of drug-likeness (QED) is 0.823. The highest BCUT2D eigenvalue weighted by molar-refractivity contribution is 5.79. The molecule has 1 heterocycles. The van der Waals surface area contributed by atoms with Gasteiger partial charge in [-0.2, -0.15) is 0 Å². The third-order valence-electron chi connectivity index (χ3n) is 4.37. The van der Waals surface area contributed by atoms with Crippen LogP contribution in [0.25, 0.3) is 0 Å². The van der Waals surface area contributed by atoms with Crippen LogP contribution in [0.3, 0.4) is 0 Å². The summed E-state index contributed by atoms with van der Waals surface area (Å²) < 4.78 is 5.83. The molecular weight excluding hydrogens is 300 g/mol. The molecule has 0 aliphatic carbocycles. The van der Waals surface area contributed by atoms with E-state index in [2.05, 4.69) is 28.8 Å². The van der Waals surface area contributed by atoms with Crippen molar-refractivity contribution in [2.24, 2.45) is 5.92 Å². The maximum absolute atomic E-state index is 12.1. The summed E-state index contributed by atoms with van der Waals surface area (Å²) in [4.78, 5) is 12.1. The molecule has 1 fully saturated rings. The number of hydrogen-bond donors (Lipinski definition) is 2. The number of nitrogens with one attached hydrogen (secondary N) is 2. The predicted octanol–water partition coefficient (Wildman–Crippen LogP) is 2.63.